The summed E-state index contributed by atoms with van der Waals surface area (Å²) in [6.07, 6.45) is 0.123. The Balaban J connectivity index is 2.85. The Hall–Kier alpha value is -1.14. The van der Waals surface area contributed by atoms with Crippen molar-refractivity contribution in [3.63, 3.8) is 0 Å². The van der Waals surface area contributed by atoms with Crippen LogP contribution in [0.2, 0.25) is 0 Å². The molecule has 0 unspecified atom stereocenters. The zero-order valence-corrected chi connectivity index (χ0v) is 12.8. The van der Waals surface area contributed by atoms with Crippen molar-refractivity contribution in [3.8, 4) is 0 Å². The topological polar surface area (TPSA) is 73.4 Å². The minimum Gasteiger partial charge on any atom is -0.481 e. The highest BCUT2D eigenvalue weighted by Gasteiger charge is 2.22. The Kier molecular flexibility index (Phi) is 5.31. The number of aromatic amines is 1. The molecule has 1 heterocycles. The van der Waals surface area contributed by atoms with Crippen LogP contribution in [0.1, 0.15) is 44.7 Å². The van der Waals surface area contributed by atoms with Gasteiger partial charge in [0.05, 0.1) is 6.42 Å². The Labute approximate surface area is 117 Å². The number of hydrogen-bond donors (Lipinski definition) is 2. The Morgan fingerprint density at radius 1 is 1.42 bits per heavy atom. The summed E-state index contributed by atoms with van der Waals surface area (Å²) in [5.41, 5.74) is 0.844. The van der Waals surface area contributed by atoms with Gasteiger partial charge in [-0.3, -0.25) is 14.5 Å². The number of carboxylic acids is 1. The molecule has 0 aliphatic heterocycles. The third kappa shape index (κ3) is 4.80. The van der Waals surface area contributed by atoms with E-state index in [9.17, 15) is 9.59 Å². The van der Waals surface area contributed by atoms with E-state index in [2.05, 4.69) is 25.8 Å². The molecule has 0 radical (unpaired) electrons. The van der Waals surface area contributed by atoms with Gasteiger partial charge in [-0.2, -0.15) is 0 Å². The Morgan fingerprint density at radius 2 is 2.05 bits per heavy atom. The normalized spacial score (nSPS) is 12.1. The van der Waals surface area contributed by atoms with Crippen LogP contribution in [0.5, 0.6) is 0 Å². The molecule has 0 aromatic carbocycles. The van der Waals surface area contributed by atoms with Gasteiger partial charge in [0.2, 0.25) is 0 Å². The summed E-state index contributed by atoms with van der Waals surface area (Å²) in [6.45, 7) is 10.1. The molecule has 2 N–H and O–H groups in total. The maximum atomic E-state index is 11.5. The lowest BCUT2D eigenvalue weighted by Crippen LogP contribution is -2.27. The van der Waals surface area contributed by atoms with Gasteiger partial charge in [0, 0.05) is 29.1 Å². The minimum atomic E-state index is -0.795. The lowest BCUT2D eigenvalue weighted by atomic mass is 9.91. The molecule has 19 heavy (non-hydrogen) atoms. The fraction of sp³-hybridized carbons (Fsp3) is 0.692. The number of carbonyl (C=O) groups is 1. The Bertz CT molecular complexity index is 485. The van der Waals surface area contributed by atoms with E-state index < -0.39 is 5.97 Å². The predicted octanol–water partition coefficient (Wildman–Crippen LogP) is 2.03. The molecule has 0 atom stereocenters. The van der Waals surface area contributed by atoms with Crippen LogP contribution in [-0.4, -0.2) is 34.0 Å². The van der Waals surface area contributed by atoms with Crippen molar-refractivity contribution in [1.29, 1.82) is 0 Å². The first kappa shape index (κ1) is 15.9. The van der Waals surface area contributed by atoms with Crippen LogP contribution in [0.25, 0.3) is 0 Å². The van der Waals surface area contributed by atoms with Gasteiger partial charge >= 0.3 is 10.8 Å². The smallest absolute Gasteiger partial charge is 0.305 e. The number of aliphatic carboxylic acids is 1. The maximum absolute atomic E-state index is 11.5. The average molecular weight is 286 g/mol. The van der Waals surface area contributed by atoms with E-state index in [0.717, 1.165) is 17.1 Å². The molecule has 0 aliphatic rings. The van der Waals surface area contributed by atoms with E-state index in [1.807, 2.05) is 11.8 Å². The van der Waals surface area contributed by atoms with Gasteiger partial charge < -0.3 is 10.1 Å². The first-order valence-corrected chi connectivity index (χ1v) is 7.22. The zero-order valence-electron chi connectivity index (χ0n) is 11.9. The molecule has 0 saturated carbocycles. The third-order valence-corrected chi connectivity index (χ3v) is 3.80. The van der Waals surface area contributed by atoms with Gasteiger partial charge in [-0.25, -0.2) is 0 Å². The molecular weight excluding hydrogens is 264 g/mol. The fourth-order valence-electron chi connectivity index (χ4n) is 1.88. The highest BCUT2D eigenvalue weighted by Crippen LogP contribution is 2.26. The van der Waals surface area contributed by atoms with E-state index in [4.69, 9.17) is 5.11 Å². The number of nitrogens with one attached hydrogen (secondary N) is 1. The molecule has 0 spiro atoms. The molecule has 0 amide bonds. The molecule has 108 valence electrons. The van der Waals surface area contributed by atoms with Crippen molar-refractivity contribution in [3.05, 3.63) is 20.2 Å². The van der Waals surface area contributed by atoms with Crippen molar-refractivity contribution in [2.24, 2.45) is 0 Å². The number of H-pyrrole nitrogens is 1. The molecule has 1 aromatic heterocycles. The summed E-state index contributed by atoms with van der Waals surface area (Å²) in [7, 11) is 0. The third-order valence-electron chi connectivity index (χ3n) is 2.93. The van der Waals surface area contributed by atoms with Gasteiger partial charge in [-0.1, -0.05) is 39.0 Å². The van der Waals surface area contributed by atoms with Crippen LogP contribution in [0, 0.1) is 0 Å². The van der Waals surface area contributed by atoms with Crippen molar-refractivity contribution in [1.82, 2.24) is 9.88 Å². The van der Waals surface area contributed by atoms with E-state index in [1.165, 1.54) is 11.3 Å². The molecular formula is C13H22N2O3S. The molecule has 0 bridgehead atoms. The minimum absolute atomic E-state index is 0.0470. The zero-order chi connectivity index (χ0) is 14.6. The van der Waals surface area contributed by atoms with Crippen molar-refractivity contribution in [2.45, 2.75) is 46.1 Å². The second kappa shape index (κ2) is 6.34. The van der Waals surface area contributed by atoms with Crippen LogP contribution in [0.3, 0.4) is 0 Å². The van der Waals surface area contributed by atoms with E-state index in [-0.39, 0.29) is 16.7 Å². The number of thiazole rings is 1. The van der Waals surface area contributed by atoms with E-state index >= 15 is 0 Å². The maximum Gasteiger partial charge on any atom is 0.305 e. The number of rotatable bonds is 6. The molecule has 1 aromatic rings. The van der Waals surface area contributed by atoms with Gasteiger partial charge in [0.25, 0.3) is 0 Å². The highest BCUT2D eigenvalue weighted by molar-refractivity contribution is 7.09. The second-order valence-electron chi connectivity index (χ2n) is 5.58. The number of carboxylic acid groups (broad SMARTS) is 1. The fourth-order valence-corrected chi connectivity index (χ4v) is 2.97. The van der Waals surface area contributed by atoms with Gasteiger partial charge in [0.1, 0.15) is 0 Å². The monoisotopic (exact) mass is 286 g/mol. The molecule has 0 aliphatic carbocycles. The summed E-state index contributed by atoms with van der Waals surface area (Å²) >= 11 is 1.22. The van der Waals surface area contributed by atoms with Crippen LogP contribution in [0.15, 0.2) is 4.79 Å². The summed E-state index contributed by atoms with van der Waals surface area (Å²) in [5, 5.41) is 8.73. The molecule has 5 nitrogen and oxygen atoms in total. The standard InChI is InChI=1S/C13H22N2O3S/c1-5-15(7-6-10(16)17)8-9-11(13(2,3)4)14-12(18)19-9/h5-8H2,1-4H3,(H,14,18)(H,16,17). The Morgan fingerprint density at radius 3 is 2.53 bits per heavy atom. The summed E-state index contributed by atoms with van der Waals surface area (Å²) in [4.78, 5) is 28.1. The van der Waals surface area contributed by atoms with Gasteiger partial charge in [0.15, 0.2) is 0 Å². The SMILES string of the molecule is CCN(CCC(=O)O)Cc1sc(=O)[nH]c1C(C)(C)C. The van der Waals surface area contributed by atoms with Crippen molar-refractivity contribution < 1.29 is 9.90 Å². The first-order valence-electron chi connectivity index (χ1n) is 6.40. The largest absolute Gasteiger partial charge is 0.481 e. The first-order chi connectivity index (χ1) is 8.74. The van der Waals surface area contributed by atoms with Crippen LogP contribution >= 0.6 is 11.3 Å². The lowest BCUT2D eigenvalue weighted by molar-refractivity contribution is -0.137. The molecule has 1 rings (SSSR count). The number of hydrogen-bond acceptors (Lipinski definition) is 4. The van der Waals surface area contributed by atoms with Crippen LogP contribution in [0.4, 0.5) is 0 Å². The molecule has 6 heteroatoms. The van der Waals surface area contributed by atoms with Crippen LogP contribution < -0.4 is 4.87 Å². The van der Waals surface area contributed by atoms with Crippen LogP contribution in [-0.2, 0) is 16.8 Å². The van der Waals surface area contributed by atoms with E-state index in [0.29, 0.717) is 13.1 Å². The quantitative estimate of drug-likeness (QED) is 0.839. The van der Waals surface area contributed by atoms with Gasteiger partial charge in [-0.15, -0.1) is 0 Å². The van der Waals surface area contributed by atoms with Crippen molar-refractivity contribution >= 4 is 17.3 Å². The summed E-state index contributed by atoms with van der Waals surface area (Å²) in [6, 6.07) is 0. The summed E-state index contributed by atoms with van der Waals surface area (Å²) < 4.78 is 0. The number of aromatic nitrogens is 1. The van der Waals surface area contributed by atoms with E-state index in [1.54, 1.807) is 0 Å². The van der Waals surface area contributed by atoms with Crippen molar-refractivity contribution in [2.75, 3.05) is 13.1 Å². The summed E-state index contributed by atoms with van der Waals surface area (Å²) in [5.74, 6) is -0.795. The predicted molar refractivity (Wildman–Crippen MR) is 76.8 cm³/mol. The molecule has 0 saturated heterocycles. The average Bonchev–Trinajstić information content (AvgIpc) is 2.65. The lowest BCUT2D eigenvalue weighted by Gasteiger charge is -2.23. The highest BCUT2D eigenvalue weighted by atomic mass is 32.1. The number of nitrogens with zero attached hydrogens (tertiary/aromatic N) is 1. The molecule has 0 fully saturated rings. The van der Waals surface area contributed by atoms with Gasteiger partial charge in [-0.05, 0) is 6.54 Å². The second-order valence-corrected chi connectivity index (χ2v) is 6.64.